The number of nitrogens with one attached hydrogen (secondary N) is 1. The van der Waals surface area contributed by atoms with Crippen LogP contribution in [-0.4, -0.2) is 36.8 Å². The predicted molar refractivity (Wildman–Crippen MR) is 67.6 cm³/mol. The lowest BCUT2D eigenvalue weighted by Crippen LogP contribution is -2.26. The Labute approximate surface area is 100 Å². The predicted octanol–water partition coefficient (Wildman–Crippen LogP) is 1.45. The molecule has 0 radical (unpaired) electrons. The van der Waals surface area contributed by atoms with E-state index in [1.165, 1.54) is 12.1 Å². The number of nitro benzene ring substituents is 1. The summed E-state index contributed by atoms with van der Waals surface area (Å²) < 4.78 is 0. The molecule has 1 atom stereocenters. The summed E-state index contributed by atoms with van der Waals surface area (Å²) in [7, 11) is 3.49. The van der Waals surface area contributed by atoms with Crippen LogP contribution in [0.15, 0.2) is 18.2 Å². The third-order valence-corrected chi connectivity index (χ3v) is 2.38. The minimum atomic E-state index is -0.489. The third kappa shape index (κ3) is 3.60. The molecule has 0 fully saturated rings. The maximum Gasteiger partial charge on any atom is 0.273 e. The Hall–Kier alpha value is -1.82. The lowest BCUT2D eigenvalue weighted by Gasteiger charge is -2.21. The zero-order valence-electron chi connectivity index (χ0n) is 10.2. The Kier molecular flexibility index (Phi) is 4.28. The lowest BCUT2D eigenvalue weighted by molar-refractivity contribution is -0.384. The summed E-state index contributed by atoms with van der Waals surface area (Å²) in [6.45, 7) is 2.09. The van der Waals surface area contributed by atoms with E-state index >= 15 is 0 Å². The zero-order chi connectivity index (χ0) is 13.0. The van der Waals surface area contributed by atoms with Crippen LogP contribution in [0.4, 0.5) is 17.1 Å². The van der Waals surface area contributed by atoms with Crippen LogP contribution in [0.1, 0.15) is 6.92 Å². The Morgan fingerprint density at radius 1 is 1.53 bits per heavy atom. The number of rotatable bonds is 5. The van der Waals surface area contributed by atoms with Crippen molar-refractivity contribution >= 4 is 17.1 Å². The molecule has 1 rings (SSSR count). The van der Waals surface area contributed by atoms with Gasteiger partial charge in [0.2, 0.25) is 0 Å². The van der Waals surface area contributed by atoms with Crippen LogP contribution >= 0.6 is 0 Å². The van der Waals surface area contributed by atoms with Gasteiger partial charge < -0.3 is 15.3 Å². The molecular formula is C11H17N3O3. The van der Waals surface area contributed by atoms with Gasteiger partial charge in [-0.25, -0.2) is 0 Å². The van der Waals surface area contributed by atoms with Crippen molar-refractivity contribution in [1.29, 1.82) is 0 Å². The summed E-state index contributed by atoms with van der Waals surface area (Å²) in [5.74, 6) is 0. The van der Waals surface area contributed by atoms with Crippen LogP contribution in [0.25, 0.3) is 0 Å². The number of anilines is 2. The van der Waals surface area contributed by atoms with Gasteiger partial charge in [0.25, 0.3) is 5.69 Å². The summed E-state index contributed by atoms with van der Waals surface area (Å²) in [6.07, 6.45) is -0.489. The van der Waals surface area contributed by atoms with Crippen LogP contribution in [0.3, 0.4) is 0 Å². The summed E-state index contributed by atoms with van der Waals surface area (Å²) in [4.78, 5) is 12.1. The summed E-state index contributed by atoms with van der Waals surface area (Å²) in [5, 5.41) is 23.0. The van der Waals surface area contributed by atoms with Crippen LogP contribution in [0, 0.1) is 10.1 Å². The summed E-state index contributed by atoms with van der Waals surface area (Å²) >= 11 is 0. The number of nitro groups is 1. The highest BCUT2D eigenvalue weighted by molar-refractivity contribution is 5.64. The van der Waals surface area contributed by atoms with Gasteiger partial charge in [-0.2, -0.15) is 0 Å². The van der Waals surface area contributed by atoms with Gasteiger partial charge >= 0.3 is 0 Å². The first-order chi connectivity index (χ1) is 7.93. The average molecular weight is 239 g/mol. The number of nitrogens with zero attached hydrogens (tertiary/aromatic N) is 2. The van der Waals surface area contributed by atoms with Gasteiger partial charge in [-0.3, -0.25) is 10.1 Å². The second-order valence-electron chi connectivity index (χ2n) is 3.97. The largest absolute Gasteiger partial charge is 0.392 e. The fraction of sp³-hybridized carbons (Fsp3) is 0.455. The van der Waals surface area contributed by atoms with E-state index in [-0.39, 0.29) is 5.69 Å². The van der Waals surface area contributed by atoms with Gasteiger partial charge in [0, 0.05) is 44.1 Å². The van der Waals surface area contributed by atoms with Crippen molar-refractivity contribution in [2.24, 2.45) is 0 Å². The van der Waals surface area contributed by atoms with E-state index in [2.05, 4.69) is 5.32 Å². The van der Waals surface area contributed by atoms with E-state index in [4.69, 9.17) is 0 Å². The highest BCUT2D eigenvalue weighted by Gasteiger charge is 2.12. The van der Waals surface area contributed by atoms with E-state index in [9.17, 15) is 15.2 Å². The molecule has 0 bridgehead atoms. The molecule has 0 aromatic heterocycles. The monoisotopic (exact) mass is 239 g/mol. The molecule has 0 aliphatic heterocycles. The fourth-order valence-corrected chi connectivity index (χ4v) is 1.57. The third-order valence-electron chi connectivity index (χ3n) is 2.38. The number of likely N-dealkylation sites (N-methyl/N-ethyl adjacent to an activating group) is 1. The SMILES string of the molecule is CNc1cc(N(C)CC(C)O)cc([N+](=O)[O-])c1. The topological polar surface area (TPSA) is 78.6 Å². The first-order valence-corrected chi connectivity index (χ1v) is 5.30. The molecule has 6 heteroatoms. The van der Waals surface area contributed by atoms with E-state index in [0.29, 0.717) is 17.9 Å². The quantitative estimate of drug-likeness (QED) is 0.600. The Morgan fingerprint density at radius 2 is 2.18 bits per heavy atom. The van der Waals surface area contributed by atoms with Crippen LogP contribution < -0.4 is 10.2 Å². The standard InChI is InChI=1S/C11H17N3O3/c1-8(15)7-13(3)10-4-9(12-2)5-11(6-10)14(16)17/h4-6,8,12,15H,7H2,1-3H3. The van der Waals surface area contributed by atoms with Crippen LogP contribution in [0.5, 0.6) is 0 Å². The number of aliphatic hydroxyl groups is 1. The van der Waals surface area contributed by atoms with Gasteiger partial charge in [0.15, 0.2) is 0 Å². The highest BCUT2D eigenvalue weighted by Crippen LogP contribution is 2.26. The van der Waals surface area contributed by atoms with Crippen molar-refractivity contribution < 1.29 is 10.0 Å². The van der Waals surface area contributed by atoms with Crippen molar-refractivity contribution in [2.45, 2.75) is 13.0 Å². The fourth-order valence-electron chi connectivity index (χ4n) is 1.57. The maximum absolute atomic E-state index is 10.8. The van der Waals surface area contributed by atoms with Crippen molar-refractivity contribution in [3.8, 4) is 0 Å². The molecular weight excluding hydrogens is 222 g/mol. The van der Waals surface area contributed by atoms with Crippen LogP contribution in [-0.2, 0) is 0 Å². The Morgan fingerprint density at radius 3 is 2.65 bits per heavy atom. The number of hydrogen-bond acceptors (Lipinski definition) is 5. The summed E-state index contributed by atoms with van der Waals surface area (Å²) in [6, 6.07) is 4.76. The second-order valence-corrected chi connectivity index (χ2v) is 3.97. The van der Waals surface area contributed by atoms with Gasteiger partial charge in [0.05, 0.1) is 11.0 Å². The molecule has 0 saturated heterocycles. The summed E-state index contributed by atoms with van der Waals surface area (Å²) in [5.41, 5.74) is 1.40. The van der Waals surface area contributed by atoms with Crippen LogP contribution in [0.2, 0.25) is 0 Å². The molecule has 0 heterocycles. The lowest BCUT2D eigenvalue weighted by atomic mass is 10.2. The van der Waals surface area contributed by atoms with E-state index in [1.807, 2.05) is 0 Å². The number of aliphatic hydroxyl groups excluding tert-OH is 1. The van der Waals surface area contributed by atoms with Gasteiger partial charge in [-0.15, -0.1) is 0 Å². The number of benzene rings is 1. The zero-order valence-corrected chi connectivity index (χ0v) is 10.2. The molecule has 0 spiro atoms. The van der Waals surface area contributed by atoms with Crippen molar-refractivity contribution in [2.75, 3.05) is 30.9 Å². The smallest absolute Gasteiger partial charge is 0.273 e. The molecule has 0 amide bonds. The normalized spacial score (nSPS) is 12.0. The molecule has 0 aliphatic rings. The highest BCUT2D eigenvalue weighted by atomic mass is 16.6. The second kappa shape index (κ2) is 5.49. The van der Waals surface area contributed by atoms with Crippen molar-refractivity contribution in [3.05, 3.63) is 28.3 Å². The van der Waals surface area contributed by atoms with E-state index < -0.39 is 11.0 Å². The number of non-ortho nitro benzene ring substituents is 1. The van der Waals surface area contributed by atoms with Crippen molar-refractivity contribution in [3.63, 3.8) is 0 Å². The van der Waals surface area contributed by atoms with Gasteiger partial charge in [0.1, 0.15) is 0 Å². The van der Waals surface area contributed by atoms with Gasteiger partial charge in [-0.1, -0.05) is 0 Å². The first-order valence-electron chi connectivity index (χ1n) is 5.30. The molecule has 1 aromatic carbocycles. The van der Waals surface area contributed by atoms with Crippen molar-refractivity contribution in [1.82, 2.24) is 0 Å². The first kappa shape index (κ1) is 13.2. The van der Waals surface area contributed by atoms with E-state index in [0.717, 1.165) is 0 Å². The molecule has 1 aromatic rings. The number of hydrogen-bond donors (Lipinski definition) is 2. The van der Waals surface area contributed by atoms with E-state index in [1.54, 1.807) is 32.0 Å². The molecule has 0 aliphatic carbocycles. The minimum Gasteiger partial charge on any atom is -0.392 e. The maximum atomic E-state index is 10.8. The molecule has 1 unspecified atom stereocenters. The molecule has 17 heavy (non-hydrogen) atoms. The average Bonchev–Trinajstić information content (AvgIpc) is 2.27. The Bertz CT molecular complexity index is 407. The molecule has 0 saturated carbocycles. The molecule has 6 nitrogen and oxygen atoms in total. The minimum absolute atomic E-state index is 0.0318. The van der Waals surface area contributed by atoms with Gasteiger partial charge in [-0.05, 0) is 13.0 Å². The Balaban J connectivity index is 3.06. The molecule has 2 N–H and O–H groups in total. The molecule has 94 valence electrons.